The van der Waals surface area contributed by atoms with Crippen LogP contribution < -0.4 is 5.43 Å². The third-order valence-electron chi connectivity index (χ3n) is 1.86. The van der Waals surface area contributed by atoms with Crippen LogP contribution in [0.1, 0.15) is 25.7 Å². The van der Waals surface area contributed by atoms with Gasteiger partial charge in [0.05, 0.1) is 0 Å². The summed E-state index contributed by atoms with van der Waals surface area (Å²) in [5.74, 6) is 0. The van der Waals surface area contributed by atoms with Crippen molar-refractivity contribution >= 4 is 6.09 Å². The van der Waals surface area contributed by atoms with Crippen LogP contribution in [0, 0.1) is 0 Å². The van der Waals surface area contributed by atoms with E-state index in [1.165, 1.54) is 12.8 Å². The van der Waals surface area contributed by atoms with Crippen LogP contribution in [-0.4, -0.2) is 29.3 Å². The van der Waals surface area contributed by atoms with E-state index in [9.17, 15) is 4.79 Å². The Morgan fingerprint density at radius 3 is 2.18 bits per heavy atom. The molecule has 0 bridgehead atoms. The predicted molar refractivity (Wildman–Crippen MR) is 41.2 cm³/mol. The Balaban J connectivity index is 2.25. The van der Waals surface area contributed by atoms with E-state index in [-0.39, 0.29) is 0 Å². The molecule has 4 heteroatoms. The Morgan fingerprint density at radius 1 is 1.18 bits per heavy atom. The van der Waals surface area contributed by atoms with Gasteiger partial charge >= 0.3 is 6.09 Å². The summed E-state index contributed by atoms with van der Waals surface area (Å²) in [6, 6.07) is 0. The van der Waals surface area contributed by atoms with E-state index < -0.39 is 6.09 Å². The van der Waals surface area contributed by atoms with Crippen molar-refractivity contribution < 1.29 is 9.90 Å². The standard InChI is InChI=1S/C7H14N2O2/c10-7(11)8-9-5-3-1-2-4-6-9/h8H,1-6H2,(H,10,11). The minimum Gasteiger partial charge on any atom is -0.464 e. The van der Waals surface area contributed by atoms with Crippen LogP contribution in [0.15, 0.2) is 0 Å². The largest absolute Gasteiger partial charge is 0.464 e. The molecule has 1 saturated heterocycles. The summed E-state index contributed by atoms with van der Waals surface area (Å²) in [6.07, 6.45) is 3.68. The number of hydrogen-bond donors (Lipinski definition) is 2. The minimum atomic E-state index is -0.952. The van der Waals surface area contributed by atoms with Crippen LogP contribution >= 0.6 is 0 Å². The molecule has 1 amide bonds. The maximum Gasteiger partial charge on any atom is 0.419 e. The van der Waals surface area contributed by atoms with Crippen molar-refractivity contribution in [1.29, 1.82) is 0 Å². The number of hydrazine groups is 1. The van der Waals surface area contributed by atoms with Gasteiger partial charge in [0, 0.05) is 13.1 Å². The van der Waals surface area contributed by atoms with E-state index in [1.807, 2.05) is 0 Å². The summed E-state index contributed by atoms with van der Waals surface area (Å²) < 4.78 is 0. The molecule has 1 fully saturated rings. The monoisotopic (exact) mass is 158 g/mol. The molecular formula is C7H14N2O2. The lowest BCUT2D eigenvalue weighted by Gasteiger charge is -2.17. The minimum absolute atomic E-state index is 0.853. The van der Waals surface area contributed by atoms with Gasteiger partial charge in [0.1, 0.15) is 0 Å². The second kappa shape index (κ2) is 4.18. The number of rotatable bonds is 1. The molecule has 0 aromatic rings. The highest BCUT2D eigenvalue weighted by atomic mass is 16.4. The highest BCUT2D eigenvalue weighted by Gasteiger charge is 2.09. The summed E-state index contributed by atoms with van der Waals surface area (Å²) in [5.41, 5.74) is 2.37. The SMILES string of the molecule is O=C(O)NN1CCCCCC1. The molecule has 11 heavy (non-hydrogen) atoms. The molecule has 64 valence electrons. The predicted octanol–water partition coefficient (Wildman–Crippen LogP) is 1.04. The van der Waals surface area contributed by atoms with E-state index in [0.717, 1.165) is 25.9 Å². The van der Waals surface area contributed by atoms with Crippen molar-refractivity contribution in [3.05, 3.63) is 0 Å². The zero-order valence-corrected chi connectivity index (χ0v) is 6.55. The van der Waals surface area contributed by atoms with Gasteiger partial charge in [0.25, 0.3) is 0 Å². The molecule has 0 aromatic carbocycles. The molecular weight excluding hydrogens is 144 g/mol. The summed E-state index contributed by atoms with van der Waals surface area (Å²) in [7, 11) is 0. The summed E-state index contributed by atoms with van der Waals surface area (Å²) in [6.45, 7) is 1.71. The Hall–Kier alpha value is -0.770. The van der Waals surface area contributed by atoms with Gasteiger partial charge in [0.15, 0.2) is 0 Å². The van der Waals surface area contributed by atoms with E-state index in [0.29, 0.717) is 0 Å². The highest BCUT2D eigenvalue weighted by Crippen LogP contribution is 2.06. The Labute approximate surface area is 66.2 Å². The smallest absolute Gasteiger partial charge is 0.419 e. The highest BCUT2D eigenvalue weighted by molar-refractivity contribution is 5.63. The second-order valence-electron chi connectivity index (χ2n) is 2.82. The van der Waals surface area contributed by atoms with Crippen LogP contribution in [0.25, 0.3) is 0 Å². The van der Waals surface area contributed by atoms with Crippen molar-refractivity contribution in [2.24, 2.45) is 0 Å². The fourth-order valence-corrected chi connectivity index (χ4v) is 1.32. The summed E-state index contributed by atoms with van der Waals surface area (Å²) >= 11 is 0. The van der Waals surface area contributed by atoms with Crippen LogP contribution in [0.5, 0.6) is 0 Å². The first-order valence-corrected chi connectivity index (χ1v) is 4.03. The zero-order valence-electron chi connectivity index (χ0n) is 6.55. The molecule has 0 aliphatic carbocycles. The maximum absolute atomic E-state index is 10.2. The van der Waals surface area contributed by atoms with E-state index in [2.05, 4.69) is 5.43 Å². The van der Waals surface area contributed by atoms with E-state index >= 15 is 0 Å². The number of nitrogens with zero attached hydrogens (tertiary/aromatic N) is 1. The molecule has 0 radical (unpaired) electrons. The quantitative estimate of drug-likeness (QED) is 0.599. The molecule has 1 rings (SSSR count). The molecule has 4 nitrogen and oxygen atoms in total. The van der Waals surface area contributed by atoms with Gasteiger partial charge in [-0.3, -0.25) is 5.43 Å². The Kier molecular flexibility index (Phi) is 3.16. The van der Waals surface area contributed by atoms with Crippen LogP contribution in [0.2, 0.25) is 0 Å². The van der Waals surface area contributed by atoms with Crippen molar-refractivity contribution in [1.82, 2.24) is 10.4 Å². The lowest BCUT2D eigenvalue weighted by Crippen LogP contribution is -2.41. The van der Waals surface area contributed by atoms with Crippen LogP contribution in [0.3, 0.4) is 0 Å². The van der Waals surface area contributed by atoms with Gasteiger partial charge in [-0.15, -0.1) is 0 Å². The van der Waals surface area contributed by atoms with Gasteiger partial charge in [-0.2, -0.15) is 0 Å². The molecule has 0 aromatic heterocycles. The fraction of sp³-hybridized carbons (Fsp3) is 0.857. The molecule has 0 unspecified atom stereocenters. The molecule has 1 aliphatic heterocycles. The van der Waals surface area contributed by atoms with Gasteiger partial charge in [-0.05, 0) is 12.8 Å². The summed E-state index contributed by atoms with van der Waals surface area (Å²) in [5, 5.41) is 10.2. The van der Waals surface area contributed by atoms with Gasteiger partial charge < -0.3 is 5.11 Å². The topological polar surface area (TPSA) is 52.6 Å². The molecule has 0 spiro atoms. The second-order valence-corrected chi connectivity index (χ2v) is 2.82. The number of carboxylic acid groups (broad SMARTS) is 1. The van der Waals surface area contributed by atoms with Crippen molar-refractivity contribution in [3.8, 4) is 0 Å². The number of amides is 1. The Morgan fingerprint density at radius 2 is 1.73 bits per heavy atom. The number of carbonyl (C=O) groups is 1. The number of hydrogen-bond acceptors (Lipinski definition) is 2. The van der Waals surface area contributed by atoms with Gasteiger partial charge in [-0.1, -0.05) is 12.8 Å². The lowest BCUT2D eigenvalue weighted by molar-refractivity contribution is 0.141. The van der Waals surface area contributed by atoms with E-state index in [1.54, 1.807) is 5.01 Å². The molecule has 1 aliphatic rings. The summed E-state index contributed by atoms with van der Waals surface area (Å²) in [4.78, 5) is 10.2. The third kappa shape index (κ3) is 3.23. The lowest BCUT2D eigenvalue weighted by atomic mass is 10.2. The third-order valence-corrected chi connectivity index (χ3v) is 1.86. The molecule has 2 N–H and O–H groups in total. The van der Waals surface area contributed by atoms with Crippen molar-refractivity contribution in [2.45, 2.75) is 25.7 Å². The van der Waals surface area contributed by atoms with Crippen LogP contribution in [0.4, 0.5) is 4.79 Å². The van der Waals surface area contributed by atoms with Crippen molar-refractivity contribution in [3.63, 3.8) is 0 Å². The first kappa shape index (κ1) is 8.33. The van der Waals surface area contributed by atoms with Crippen molar-refractivity contribution in [2.75, 3.05) is 13.1 Å². The average molecular weight is 158 g/mol. The number of nitrogens with one attached hydrogen (secondary N) is 1. The van der Waals surface area contributed by atoms with Gasteiger partial charge in [-0.25, -0.2) is 9.80 Å². The molecule has 0 saturated carbocycles. The Bertz CT molecular complexity index is 130. The van der Waals surface area contributed by atoms with E-state index in [4.69, 9.17) is 5.11 Å². The first-order valence-electron chi connectivity index (χ1n) is 4.03. The fourth-order valence-electron chi connectivity index (χ4n) is 1.32. The maximum atomic E-state index is 10.2. The molecule has 0 atom stereocenters. The molecule has 1 heterocycles. The average Bonchev–Trinajstić information content (AvgIpc) is 2.14. The normalized spacial score (nSPS) is 20.7. The van der Waals surface area contributed by atoms with Gasteiger partial charge in [0.2, 0.25) is 0 Å². The van der Waals surface area contributed by atoms with Crippen LogP contribution in [-0.2, 0) is 0 Å². The first-order chi connectivity index (χ1) is 5.29. The zero-order chi connectivity index (χ0) is 8.10.